The molecule has 3 aromatic rings. The lowest BCUT2D eigenvalue weighted by Gasteiger charge is -2.37. The van der Waals surface area contributed by atoms with E-state index >= 15 is 0 Å². The van der Waals surface area contributed by atoms with Crippen molar-refractivity contribution in [2.45, 2.75) is 32.4 Å². The molecule has 4 rings (SSSR count). The van der Waals surface area contributed by atoms with Crippen molar-refractivity contribution in [1.82, 2.24) is 30.0 Å². The molecule has 4 heterocycles. The van der Waals surface area contributed by atoms with Crippen LogP contribution in [-0.4, -0.2) is 42.1 Å². The highest BCUT2D eigenvalue weighted by atomic mass is 79.9. The first kappa shape index (κ1) is 18.5. The summed E-state index contributed by atoms with van der Waals surface area (Å²) in [6.07, 6.45) is 4.72. The van der Waals surface area contributed by atoms with Gasteiger partial charge in [0.15, 0.2) is 11.6 Å². The van der Waals surface area contributed by atoms with Crippen molar-refractivity contribution < 1.29 is 9.18 Å². The fourth-order valence-electron chi connectivity index (χ4n) is 3.30. The number of urea groups is 1. The third-order valence-corrected chi connectivity index (χ3v) is 5.57. The topological polar surface area (TPSA) is 99.7 Å². The number of fused-ring (bicyclic) bond motifs is 1. The summed E-state index contributed by atoms with van der Waals surface area (Å²) >= 11 is 3.03. The van der Waals surface area contributed by atoms with E-state index in [1.165, 1.54) is 12.3 Å². The number of H-pyrrole nitrogens is 1. The van der Waals surface area contributed by atoms with E-state index in [4.69, 9.17) is 0 Å². The molecule has 8 nitrogen and oxygen atoms in total. The van der Waals surface area contributed by atoms with Crippen LogP contribution >= 0.6 is 15.9 Å². The Morgan fingerprint density at radius 1 is 1.29 bits per heavy atom. The number of hydrogen-bond acceptors (Lipinski definition) is 5. The van der Waals surface area contributed by atoms with Gasteiger partial charge in [0.25, 0.3) is 0 Å². The minimum Gasteiger partial charge on any atom is -0.317 e. The minimum absolute atomic E-state index is 0.0164. The van der Waals surface area contributed by atoms with Crippen LogP contribution in [0, 0.1) is 5.82 Å². The van der Waals surface area contributed by atoms with Gasteiger partial charge in [0, 0.05) is 36.1 Å². The van der Waals surface area contributed by atoms with Gasteiger partial charge in [-0.15, -0.1) is 0 Å². The first-order valence-electron chi connectivity index (χ1n) is 8.69. The fourth-order valence-corrected chi connectivity index (χ4v) is 3.63. The Bertz CT molecular complexity index is 1030. The van der Waals surface area contributed by atoms with Crippen molar-refractivity contribution >= 4 is 27.6 Å². The van der Waals surface area contributed by atoms with E-state index in [1.807, 2.05) is 13.8 Å². The second kappa shape index (κ2) is 7.27. The molecule has 0 aromatic carbocycles. The molecule has 2 amide bonds. The number of carbonyl (C=O) groups is 1. The highest BCUT2D eigenvalue weighted by molar-refractivity contribution is 9.10. The van der Waals surface area contributed by atoms with Crippen molar-refractivity contribution in [3.63, 3.8) is 0 Å². The molecule has 0 saturated heterocycles. The maximum absolute atomic E-state index is 14.2. The number of aromatic nitrogens is 5. The molecule has 2 atom stereocenters. The Labute approximate surface area is 168 Å². The zero-order valence-electron chi connectivity index (χ0n) is 15.1. The van der Waals surface area contributed by atoms with Gasteiger partial charge in [0.05, 0.1) is 17.9 Å². The number of aromatic amines is 1. The smallest absolute Gasteiger partial charge is 0.317 e. The van der Waals surface area contributed by atoms with E-state index < -0.39 is 11.8 Å². The van der Waals surface area contributed by atoms with Gasteiger partial charge in [0.1, 0.15) is 10.3 Å². The molecular weight excluding hydrogens is 429 g/mol. The molecule has 0 saturated carbocycles. The summed E-state index contributed by atoms with van der Waals surface area (Å²) in [7, 11) is 0. The lowest BCUT2D eigenvalue weighted by molar-refractivity contribution is 0.171. The van der Waals surface area contributed by atoms with Crippen LogP contribution in [0.3, 0.4) is 0 Å². The third-order valence-electron chi connectivity index (χ3n) is 5.01. The summed E-state index contributed by atoms with van der Waals surface area (Å²) in [5.74, 6) is -0.115. The van der Waals surface area contributed by atoms with Gasteiger partial charge in [-0.2, -0.15) is 5.10 Å². The second-order valence-corrected chi connectivity index (χ2v) is 7.34. The first-order chi connectivity index (χ1) is 13.5. The highest BCUT2D eigenvalue weighted by Gasteiger charge is 2.36. The van der Waals surface area contributed by atoms with Crippen LogP contribution < -0.4 is 5.32 Å². The number of rotatable bonds is 2. The zero-order valence-corrected chi connectivity index (χ0v) is 16.7. The lowest BCUT2D eigenvalue weighted by atomic mass is 9.90. The Morgan fingerprint density at radius 3 is 2.79 bits per heavy atom. The fraction of sp³-hybridized carbons (Fsp3) is 0.278. The van der Waals surface area contributed by atoms with Crippen molar-refractivity contribution in [3.8, 4) is 11.5 Å². The number of halogens is 2. The van der Waals surface area contributed by atoms with Crippen LogP contribution in [0.1, 0.15) is 31.0 Å². The maximum Gasteiger partial charge on any atom is 0.322 e. The average Bonchev–Trinajstić information content (AvgIpc) is 3.13. The summed E-state index contributed by atoms with van der Waals surface area (Å²) in [5.41, 5.74) is 2.50. The number of anilines is 1. The largest absolute Gasteiger partial charge is 0.322 e. The number of nitrogens with zero attached hydrogens (tertiary/aromatic N) is 5. The Balaban J connectivity index is 1.65. The van der Waals surface area contributed by atoms with Crippen molar-refractivity contribution in [2.75, 3.05) is 5.32 Å². The molecule has 0 spiro atoms. The third kappa shape index (κ3) is 3.13. The highest BCUT2D eigenvalue weighted by Crippen LogP contribution is 2.36. The number of amides is 2. The van der Waals surface area contributed by atoms with Crippen LogP contribution in [0.25, 0.3) is 11.5 Å². The summed E-state index contributed by atoms with van der Waals surface area (Å²) in [6, 6.07) is 2.62. The number of nitrogens with one attached hydrogen (secondary N) is 2. The van der Waals surface area contributed by atoms with Gasteiger partial charge in [-0.05, 0) is 35.0 Å². The van der Waals surface area contributed by atoms with E-state index in [1.54, 1.807) is 23.4 Å². The van der Waals surface area contributed by atoms with Crippen LogP contribution in [0.5, 0.6) is 0 Å². The molecule has 0 bridgehead atoms. The van der Waals surface area contributed by atoms with Gasteiger partial charge in [0.2, 0.25) is 0 Å². The molecule has 3 aromatic heterocycles. The Hall–Kier alpha value is -2.88. The van der Waals surface area contributed by atoms with Crippen LogP contribution in [0.2, 0.25) is 0 Å². The molecule has 0 unspecified atom stereocenters. The maximum atomic E-state index is 14.2. The standard InChI is InChI=1S/C18H17BrFN7O/c1-9-10(2)27(18(28)24-12-4-7-21-16(19)13(12)20)8-11-14(9)25-26-15(11)17-22-5-3-6-23-17/h3-7,9-10H,8H2,1-2H3,(H,25,26)(H,21,24,28)/t9-,10-/m0/s1. The van der Waals surface area contributed by atoms with Crippen molar-refractivity contribution in [2.24, 2.45) is 0 Å². The van der Waals surface area contributed by atoms with E-state index in [0.717, 1.165) is 11.3 Å². The normalized spacial score (nSPS) is 18.6. The summed E-state index contributed by atoms with van der Waals surface area (Å²) < 4.78 is 14.3. The number of pyridine rings is 1. The monoisotopic (exact) mass is 445 g/mol. The number of hydrogen-bond donors (Lipinski definition) is 2. The Morgan fingerprint density at radius 2 is 2.04 bits per heavy atom. The first-order valence-corrected chi connectivity index (χ1v) is 9.48. The molecular formula is C18H17BrFN7O. The van der Waals surface area contributed by atoms with E-state index in [9.17, 15) is 9.18 Å². The van der Waals surface area contributed by atoms with Crippen LogP contribution in [0.4, 0.5) is 14.9 Å². The molecule has 0 aliphatic carbocycles. The van der Waals surface area contributed by atoms with E-state index in [-0.39, 0.29) is 22.3 Å². The lowest BCUT2D eigenvalue weighted by Crippen LogP contribution is -2.46. The molecule has 2 N–H and O–H groups in total. The molecule has 0 radical (unpaired) electrons. The summed E-state index contributed by atoms with van der Waals surface area (Å²) in [4.78, 5) is 26.9. The van der Waals surface area contributed by atoms with Crippen LogP contribution in [-0.2, 0) is 6.54 Å². The van der Waals surface area contributed by atoms with Crippen LogP contribution in [0.15, 0.2) is 35.3 Å². The van der Waals surface area contributed by atoms with Crippen molar-refractivity contribution in [1.29, 1.82) is 0 Å². The molecule has 1 aliphatic rings. The molecule has 0 fully saturated rings. The second-order valence-electron chi connectivity index (χ2n) is 6.59. The van der Waals surface area contributed by atoms with Gasteiger partial charge >= 0.3 is 6.03 Å². The average molecular weight is 446 g/mol. The zero-order chi connectivity index (χ0) is 19.8. The predicted molar refractivity (Wildman–Crippen MR) is 104 cm³/mol. The van der Waals surface area contributed by atoms with Gasteiger partial charge in [-0.25, -0.2) is 24.1 Å². The van der Waals surface area contributed by atoms with E-state index in [2.05, 4.69) is 46.4 Å². The van der Waals surface area contributed by atoms with Crippen molar-refractivity contribution in [3.05, 3.63) is 52.4 Å². The summed E-state index contributed by atoms with van der Waals surface area (Å²) in [5, 5.41) is 10.1. The quantitative estimate of drug-likeness (QED) is 0.585. The molecule has 1 aliphatic heterocycles. The van der Waals surface area contributed by atoms with Gasteiger partial charge in [-0.3, -0.25) is 5.10 Å². The predicted octanol–water partition coefficient (Wildman–Crippen LogP) is 3.70. The molecule has 144 valence electrons. The van der Waals surface area contributed by atoms with Gasteiger partial charge in [-0.1, -0.05) is 6.92 Å². The van der Waals surface area contributed by atoms with Gasteiger partial charge < -0.3 is 10.2 Å². The Kier molecular flexibility index (Phi) is 4.80. The summed E-state index contributed by atoms with van der Waals surface area (Å²) in [6.45, 7) is 4.26. The SMILES string of the molecule is C[C@@H]1c2n[nH]c(-c3ncccn3)c2CN(C(=O)Nc2ccnc(Br)c2F)[C@H]1C. The molecule has 10 heteroatoms. The van der Waals surface area contributed by atoms with E-state index in [0.29, 0.717) is 18.1 Å². The number of carbonyl (C=O) groups excluding carboxylic acids is 1. The molecule has 28 heavy (non-hydrogen) atoms. The minimum atomic E-state index is -0.615.